The number of aliphatic carboxylic acids is 1. The normalized spacial score (nSPS) is 24.0. The van der Waals surface area contributed by atoms with Gasteiger partial charge in [-0.3, -0.25) is 9.59 Å². The van der Waals surface area contributed by atoms with Gasteiger partial charge in [0.15, 0.2) is 0 Å². The molecule has 0 aliphatic heterocycles. The van der Waals surface area contributed by atoms with Crippen molar-refractivity contribution >= 4 is 35.3 Å². The number of thioether (sulfide) groups is 2. The van der Waals surface area contributed by atoms with Gasteiger partial charge in [0, 0.05) is 26.1 Å². The first-order chi connectivity index (χ1) is 13.0. The van der Waals surface area contributed by atoms with Crippen LogP contribution in [0.5, 0.6) is 0 Å². The van der Waals surface area contributed by atoms with Gasteiger partial charge in [-0.15, -0.1) is 11.8 Å². The molecule has 0 radical (unpaired) electrons. The van der Waals surface area contributed by atoms with Crippen LogP contribution in [0.15, 0.2) is 12.2 Å². The number of hydrogen-bond donors (Lipinski definition) is 3. The van der Waals surface area contributed by atoms with Crippen LogP contribution < -0.4 is 0 Å². The molecule has 1 saturated carbocycles. The van der Waals surface area contributed by atoms with Crippen LogP contribution in [0.2, 0.25) is 0 Å². The number of aliphatic hydroxyl groups excluding tert-OH is 2. The smallest absolute Gasteiger partial charge is 0.313 e. The van der Waals surface area contributed by atoms with Gasteiger partial charge in [0.25, 0.3) is 0 Å². The Morgan fingerprint density at radius 2 is 2.07 bits per heavy atom. The SMILES string of the molecule is COCCCCCC(O)C=C[C@H]1C(O)CC(=O)C1SCCCSCC(=O)O. The first kappa shape index (κ1) is 24.5. The molecule has 6 nitrogen and oxygen atoms in total. The van der Waals surface area contributed by atoms with Gasteiger partial charge in [-0.05, 0) is 30.8 Å². The van der Waals surface area contributed by atoms with Gasteiger partial charge in [0.05, 0.1) is 23.2 Å². The average molecular weight is 421 g/mol. The Hall–Kier alpha value is -0.540. The summed E-state index contributed by atoms with van der Waals surface area (Å²) in [7, 11) is 1.68. The third kappa shape index (κ3) is 10.5. The minimum atomic E-state index is -0.816. The maximum absolute atomic E-state index is 12.1. The van der Waals surface area contributed by atoms with Crippen molar-refractivity contribution in [3.05, 3.63) is 12.2 Å². The van der Waals surface area contributed by atoms with Crippen molar-refractivity contribution in [2.75, 3.05) is 31.0 Å². The Kier molecular flexibility index (Phi) is 13.1. The maximum atomic E-state index is 12.1. The van der Waals surface area contributed by atoms with E-state index in [4.69, 9.17) is 9.84 Å². The molecule has 0 bridgehead atoms. The van der Waals surface area contributed by atoms with Crippen molar-refractivity contribution in [3.8, 4) is 0 Å². The first-order valence-corrected chi connectivity index (χ1v) is 11.6. The standard InChI is InChI=1S/C19H32O6S2/c1-25-9-4-2-3-6-14(20)7-8-15-16(21)12-17(22)19(15)27-11-5-10-26-13-18(23)24/h7-8,14-16,19-21H,2-6,9-13H2,1H3,(H,23,24)/t14?,15-,16?,19?/m0/s1. The number of rotatable bonds is 15. The van der Waals surface area contributed by atoms with Gasteiger partial charge in [0.1, 0.15) is 5.78 Å². The van der Waals surface area contributed by atoms with E-state index in [0.29, 0.717) is 6.42 Å². The molecule has 0 amide bonds. The van der Waals surface area contributed by atoms with Gasteiger partial charge >= 0.3 is 5.97 Å². The molecule has 156 valence electrons. The summed E-state index contributed by atoms with van der Waals surface area (Å²) in [5.41, 5.74) is 0. The van der Waals surface area contributed by atoms with Crippen molar-refractivity contribution in [2.24, 2.45) is 5.92 Å². The topological polar surface area (TPSA) is 104 Å². The van der Waals surface area contributed by atoms with Crippen LogP contribution in [-0.2, 0) is 14.3 Å². The van der Waals surface area contributed by atoms with E-state index in [1.807, 2.05) is 0 Å². The average Bonchev–Trinajstić information content (AvgIpc) is 2.88. The van der Waals surface area contributed by atoms with E-state index in [1.165, 1.54) is 23.5 Å². The van der Waals surface area contributed by atoms with Gasteiger partial charge in [-0.2, -0.15) is 11.8 Å². The van der Waals surface area contributed by atoms with Crippen molar-refractivity contribution in [2.45, 2.75) is 56.0 Å². The molecule has 3 N–H and O–H groups in total. The lowest BCUT2D eigenvalue weighted by Crippen LogP contribution is -2.22. The highest BCUT2D eigenvalue weighted by molar-refractivity contribution is 8.01. The molecular weight excluding hydrogens is 388 g/mol. The summed E-state index contributed by atoms with van der Waals surface area (Å²) in [6.45, 7) is 0.732. The molecule has 8 heteroatoms. The first-order valence-electron chi connectivity index (χ1n) is 9.43. The van der Waals surface area contributed by atoms with Crippen LogP contribution in [-0.4, -0.2) is 75.5 Å². The summed E-state index contributed by atoms with van der Waals surface area (Å²) in [4.78, 5) is 22.6. The lowest BCUT2D eigenvalue weighted by molar-refractivity contribution is -0.133. The molecule has 1 aliphatic carbocycles. The summed E-state index contributed by atoms with van der Waals surface area (Å²) >= 11 is 2.89. The monoisotopic (exact) mass is 420 g/mol. The molecule has 0 aromatic carbocycles. The van der Waals surface area contributed by atoms with Crippen LogP contribution in [0.1, 0.15) is 38.5 Å². The lowest BCUT2D eigenvalue weighted by Gasteiger charge is -2.17. The fraction of sp³-hybridized carbons (Fsp3) is 0.789. The van der Waals surface area contributed by atoms with Crippen molar-refractivity contribution in [1.82, 2.24) is 0 Å². The van der Waals surface area contributed by atoms with Crippen molar-refractivity contribution in [3.63, 3.8) is 0 Å². The molecule has 27 heavy (non-hydrogen) atoms. The van der Waals surface area contributed by atoms with E-state index in [2.05, 4.69) is 0 Å². The quantitative estimate of drug-likeness (QED) is 0.274. The molecule has 1 rings (SSSR count). The van der Waals surface area contributed by atoms with Crippen LogP contribution in [0.4, 0.5) is 0 Å². The Labute approximate surface area is 170 Å². The number of methoxy groups -OCH3 is 1. The summed E-state index contributed by atoms with van der Waals surface area (Å²) in [5, 5.41) is 28.6. The number of carbonyl (C=O) groups is 2. The van der Waals surface area contributed by atoms with E-state index < -0.39 is 18.2 Å². The highest BCUT2D eigenvalue weighted by Crippen LogP contribution is 2.34. The summed E-state index contributed by atoms with van der Waals surface area (Å²) in [5.74, 6) is 0.559. The zero-order chi connectivity index (χ0) is 20.1. The molecule has 1 fully saturated rings. The molecule has 0 saturated heterocycles. The lowest BCUT2D eigenvalue weighted by atomic mass is 10.0. The fourth-order valence-corrected chi connectivity index (χ4v) is 5.16. The number of carbonyl (C=O) groups excluding carboxylic acids is 1. The van der Waals surface area contributed by atoms with E-state index >= 15 is 0 Å². The second-order valence-electron chi connectivity index (χ2n) is 6.70. The zero-order valence-electron chi connectivity index (χ0n) is 15.9. The van der Waals surface area contributed by atoms with Crippen molar-refractivity contribution < 1.29 is 29.6 Å². The van der Waals surface area contributed by atoms with Gasteiger partial charge < -0.3 is 20.1 Å². The van der Waals surface area contributed by atoms with Gasteiger partial charge in [-0.25, -0.2) is 0 Å². The summed E-state index contributed by atoms with van der Waals surface area (Å²) in [6, 6.07) is 0. The number of aliphatic hydroxyl groups is 2. The second kappa shape index (κ2) is 14.5. The zero-order valence-corrected chi connectivity index (χ0v) is 17.6. The molecule has 4 atom stereocenters. The largest absolute Gasteiger partial charge is 0.481 e. The van der Waals surface area contributed by atoms with E-state index in [0.717, 1.165) is 43.8 Å². The molecule has 0 spiro atoms. The minimum absolute atomic E-state index is 0.0504. The minimum Gasteiger partial charge on any atom is -0.481 e. The second-order valence-corrected chi connectivity index (χ2v) is 9.06. The predicted octanol–water partition coefficient (Wildman–Crippen LogP) is 2.37. The Morgan fingerprint density at radius 1 is 1.30 bits per heavy atom. The predicted molar refractivity (Wildman–Crippen MR) is 110 cm³/mol. The number of hydrogen-bond acceptors (Lipinski definition) is 7. The molecule has 1 aliphatic rings. The fourth-order valence-electron chi connectivity index (χ4n) is 2.97. The number of ketones is 1. The summed E-state index contributed by atoms with van der Waals surface area (Å²) < 4.78 is 5.00. The van der Waals surface area contributed by atoms with Crippen LogP contribution in [0.3, 0.4) is 0 Å². The number of ether oxygens (including phenoxy) is 1. The summed E-state index contributed by atoms with van der Waals surface area (Å²) in [6.07, 6.45) is 6.79. The Morgan fingerprint density at radius 3 is 2.78 bits per heavy atom. The Balaban J connectivity index is 2.34. The number of carboxylic acid groups (broad SMARTS) is 1. The molecule has 0 aromatic rings. The molecule has 0 aromatic heterocycles. The molecular formula is C19H32O6S2. The van der Waals surface area contributed by atoms with Crippen LogP contribution in [0, 0.1) is 5.92 Å². The highest BCUT2D eigenvalue weighted by Gasteiger charge is 2.40. The number of unbranched alkanes of at least 4 members (excludes halogenated alkanes) is 2. The van der Waals surface area contributed by atoms with E-state index in [1.54, 1.807) is 19.3 Å². The molecule has 0 heterocycles. The number of Topliss-reactive ketones (excluding diaryl/α,β-unsaturated/α-hetero) is 1. The number of carboxylic acids is 1. The molecule has 3 unspecified atom stereocenters. The Bertz CT molecular complexity index is 471. The highest BCUT2D eigenvalue weighted by atomic mass is 32.2. The third-order valence-electron chi connectivity index (χ3n) is 4.38. The van der Waals surface area contributed by atoms with Crippen molar-refractivity contribution in [1.29, 1.82) is 0 Å². The third-order valence-corrected chi connectivity index (χ3v) is 6.87. The maximum Gasteiger partial charge on any atom is 0.313 e. The van der Waals surface area contributed by atoms with Gasteiger partial charge in [0.2, 0.25) is 0 Å². The van der Waals surface area contributed by atoms with Gasteiger partial charge in [-0.1, -0.05) is 25.0 Å². The van der Waals surface area contributed by atoms with E-state index in [9.17, 15) is 19.8 Å². The van der Waals surface area contributed by atoms with Crippen LogP contribution in [0.25, 0.3) is 0 Å². The van der Waals surface area contributed by atoms with Crippen LogP contribution >= 0.6 is 23.5 Å². The van der Waals surface area contributed by atoms with E-state index in [-0.39, 0.29) is 29.1 Å².